The summed E-state index contributed by atoms with van der Waals surface area (Å²) in [5.41, 5.74) is 6.96. The molecule has 0 unspecified atom stereocenters. The number of sulfonamides is 1. The number of benzene rings is 1. The van der Waals surface area contributed by atoms with Gasteiger partial charge in [-0.1, -0.05) is 13.0 Å². The molecule has 1 saturated carbocycles. The number of nitrogens with two attached hydrogens (primary N) is 1. The largest absolute Gasteiger partial charge is 0.399 e. The van der Waals surface area contributed by atoms with Crippen LogP contribution in [0.2, 0.25) is 0 Å². The van der Waals surface area contributed by atoms with Gasteiger partial charge in [0.2, 0.25) is 10.0 Å². The standard InChI is InChI=1S/C12H18N2O2S/c1-9-3-4-10(13)7-11(9)17(15,16)14-8-12(2)5-6-12/h3-4,7,14H,5-6,8,13H2,1-2H3. The van der Waals surface area contributed by atoms with Gasteiger partial charge in [0.25, 0.3) is 0 Å². The minimum Gasteiger partial charge on any atom is -0.399 e. The molecule has 1 aliphatic carbocycles. The van der Waals surface area contributed by atoms with E-state index in [9.17, 15) is 8.42 Å². The van der Waals surface area contributed by atoms with Crippen LogP contribution in [-0.4, -0.2) is 15.0 Å². The first kappa shape index (κ1) is 12.4. The van der Waals surface area contributed by atoms with Crippen molar-refractivity contribution < 1.29 is 8.42 Å². The molecule has 2 rings (SSSR count). The van der Waals surface area contributed by atoms with E-state index in [0.717, 1.165) is 12.8 Å². The second-order valence-corrected chi connectivity index (χ2v) is 6.90. The van der Waals surface area contributed by atoms with Crippen LogP contribution in [0.1, 0.15) is 25.3 Å². The maximum absolute atomic E-state index is 12.1. The maximum atomic E-state index is 12.1. The zero-order valence-electron chi connectivity index (χ0n) is 10.2. The summed E-state index contributed by atoms with van der Waals surface area (Å²) in [5.74, 6) is 0. The van der Waals surface area contributed by atoms with Gasteiger partial charge in [0.05, 0.1) is 4.90 Å². The van der Waals surface area contributed by atoms with Crippen LogP contribution in [-0.2, 0) is 10.0 Å². The number of hydrogen-bond donors (Lipinski definition) is 2. The van der Waals surface area contributed by atoms with Crippen molar-refractivity contribution in [2.45, 2.75) is 31.6 Å². The van der Waals surface area contributed by atoms with Crippen molar-refractivity contribution in [2.24, 2.45) is 5.41 Å². The van der Waals surface area contributed by atoms with Gasteiger partial charge in [-0.05, 0) is 42.9 Å². The Morgan fingerprint density at radius 2 is 2.06 bits per heavy atom. The predicted octanol–water partition coefficient (Wildman–Crippen LogP) is 1.66. The molecule has 5 heteroatoms. The third-order valence-corrected chi connectivity index (χ3v) is 4.84. The number of aryl methyl sites for hydroxylation is 1. The summed E-state index contributed by atoms with van der Waals surface area (Å²) in [5, 5.41) is 0. The molecule has 0 atom stereocenters. The molecule has 94 valence electrons. The second-order valence-electron chi connectivity index (χ2n) is 5.16. The highest BCUT2D eigenvalue weighted by atomic mass is 32.2. The molecular formula is C12H18N2O2S. The van der Waals surface area contributed by atoms with E-state index < -0.39 is 10.0 Å². The zero-order valence-corrected chi connectivity index (χ0v) is 11.0. The van der Waals surface area contributed by atoms with Gasteiger partial charge in [-0.25, -0.2) is 13.1 Å². The average molecular weight is 254 g/mol. The topological polar surface area (TPSA) is 72.2 Å². The van der Waals surface area contributed by atoms with Crippen molar-refractivity contribution in [2.75, 3.05) is 12.3 Å². The van der Waals surface area contributed by atoms with Crippen molar-refractivity contribution in [1.29, 1.82) is 0 Å². The van der Waals surface area contributed by atoms with Gasteiger partial charge < -0.3 is 5.73 Å². The van der Waals surface area contributed by atoms with E-state index in [4.69, 9.17) is 5.73 Å². The highest BCUT2D eigenvalue weighted by molar-refractivity contribution is 7.89. The lowest BCUT2D eigenvalue weighted by Crippen LogP contribution is -2.29. The molecule has 0 spiro atoms. The van der Waals surface area contributed by atoms with Gasteiger partial charge >= 0.3 is 0 Å². The van der Waals surface area contributed by atoms with E-state index >= 15 is 0 Å². The number of hydrogen-bond acceptors (Lipinski definition) is 3. The molecule has 1 fully saturated rings. The van der Waals surface area contributed by atoms with E-state index in [1.165, 1.54) is 6.07 Å². The van der Waals surface area contributed by atoms with Crippen LogP contribution >= 0.6 is 0 Å². The first-order valence-electron chi connectivity index (χ1n) is 5.68. The fourth-order valence-corrected chi connectivity index (χ4v) is 3.12. The van der Waals surface area contributed by atoms with Crippen molar-refractivity contribution in [3.8, 4) is 0 Å². The van der Waals surface area contributed by atoms with E-state index in [1.807, 2.05) is 0 Å². The van der Waals surface area contributed by atoms with E-state index in [-0.39, 0.29) is 10.3 Å². The van der Waals surface area contributed by atoms with E-state index in [2.05, 4.69) is 11.6 Å². The quantitative estimate of drug-likeness (QED) is 0.803. The maximum Gasteiger partial charge on any atom is 0.240 e. The molecular weight excluding hydrogens is 236 g/mol. The van der Waals surface area contributed by atoms with Gasteiger partial charge in [0.15, 0.2) is 0 Å². The van der Waals surface area contributed by atoms with Gasteiger partial charge in [-0.3, -0.25) is 0 Å². The molecule has 0 saturated heterocycles. The Morgan fingerprint density at radius 3 is 2.65 bits per heavy atom. The number of anilines is 1. The molecule has 4 nitrogen and oxygen atoms in total. The first-order chi connectivity index (χ1) is 7.82. The first-order valence-corrected chi connectivity index (χ1v) is 7.17. The number of nitrogens with one attached hydrogen (secondary N) is 1. The van der Waals surface area contributed by atoms with Crippen LogP contribution in [0.3, 0.4) is 0 Å². The van der Waals surface area contributed by atoms with Crippen LogP contribution in [0, 0.1) is 12.3 Å². The van der Waals surface area contributed by atoms with Gasteiger partial charge in [-0.2, -0.15) is 0 Å². The Balaban J connectivity index is 2.21. The molecule has 1 aromatic rings. The molecule has 0 aliphatic heterocycles. The SMILES string of the molecule is Cc1ccc(N)cc1S(=O)(=O)NCC1(C)CC1. The molecule has 1 aliphatic rings. The minimum atomic E-state index is -3.44. The summed E-state index contributed by atoms with van der Waals surface area (Å²) in [6.07, 6.45) is 2.18. The normalized spacial score (nSPS) is 18.0. The summed E-state index contributed by atoms with van der Waals surface area (Å²) in [4.78, 5) is 0.279. The second kappa shape index (κ2) is 3.99. The monoisotopic (exact) mass is 254 g/mol. The fraction of sp³-hybridized carbons (Fsp3) is 0.500. The van der Waals surface area contributed by atoms with E-state index in [0.29, 0.717) is 17.8 Å². The summed E-state index contributed by atoms with van der Waals surface area (Å²) in [6, 6.07) is 4.94. The van der Waals surface area contributed by atoms with Crippen molar-refractivity contribution in [3.63, 3.8) is 0 Å². The predicted molar refractivity (Wildman–Crippen MR) is 68.1 cm³/mol. The third-order valence-electron chi connectivity index (χ3n) is 3.29. The molecule has 0 aromatic heterocycles. The molecule has 3 N–H and O–H groups in total. The minimum absolute atomic E-state index is 0.154. The Bertz CT molecular complexity index is 533. The summed E-state index contributed by atoms with van der Waals surface area (Å²) >= 11 is 0. The summed E-state index contributed by atoms with van der Waals surface area (Å²) < 4.78 is 26.9. The van der Waals surface area contributed by atoms with E-state index in [1.54, 1.807) is 19.1 Å². The lowest BCUT2D eigenvalue weighted by atomic mass is 10.2. The summed E-state index contributed by atoms with van der Waals surface area (Å²) in [6.45, 7) is 4.36. The smallest absolute Gasteiger partial charge is 0.240 e. The van der Waals surface area contributed by atoms with Crippen LogP contribution < -0.4 is 10.5 Å². The Labute approximate surface area is 102 Å². The summed E-state index contributed by atoms with van der Waals surface area (Å²) in [7, 11) is -3.44. The highest BCUT2D eigenvalue weighted by Gasteiger charge is 2.38. The molecule has 0 radical (unpaired) electrons. The van der Waals surface area contributed by atoms with Crippen LogP contribution in [0.25, 0.3) is 0 Å². The van der Waals surface area contributed by atoms with Gasteiger partial charge in [-0.15, -0.1) is 0 Å². The third kappa shape index (κ3) is 2.79. The molecule has 0 heterocycles. The van der Waals surface area contributed by atoms with Crippen molar-refractivity contribution >= 4 is 15.7 Å². The van der Waals surface area contributed by atoms with Crippen molar-refractivity contribution in [1.82, 2.24) is 4.72 Å². The van der Waals surface area contributed by atoms with Crippen LogP contribution in [0.15, 0.2) is 23.1 Å². The van der Waals surface area contributed by atoms with Gasteiger partial charge in [0, 0.05) is 12.2 Å². The highest BCUT2D eigenvalue weighted by Crippen LogP contribution is 2.44. The Hall–Kier alpha value is -1.07. The molecule has 0 amide bonds. The average Bonchev–Trinajstić information content (AvgIpc) is 2.98. The van der Waals surface area contributed by atoms with Crippen LogP contribution in [0.4, 0.5) is 5.69 Å². The van der Waals surface area contributed by atoms with Crippen molar-refractivity contribution in [3.05, 3.63) is 23.8 Å². The molecule has 1 aromatic carbocycles. The fourth-order valence-electron chi connectivity index (χ4n) is 1.64. The Morgan fingerprint density at radius 1 is 1.41 bits per heavy atom. The number of rotatable bonds is 4. The van der Waals surface area contributed by atoms with Crippen LogP contribution in [0.5, 0.6) is 0 Å². The zero-order chi connectivity index (χ0) is 12.7. The lowest BCUT2D eigenvalue weighted by molar-refractivity contribution is 0.530. The Kier molecular flexibility index (Phi) is 2.91. The molecule has 17 heavy (non-hydrogen) atoms. The lowest BCUT2D eigenvalue weighted by Gasteiger charge is -2.12. The van der Waals surface area contributed by atoms with Gasteiger partial charge in [0.1, 0.15) is 0 Å². The number of nitrogen functional groups attached to an aromatic ring is 1. The molecule has 0 bridgehead atoms.